The molecule has 1 aromatic rings. The lowest BCUT2D eigenvalue weighted by atomic mass is 10.0. The van der Waals surface area contributed by atoms with Gasteiger partial charge in [0, 0.05) is 6.20 Å². The monoisotopic (exact) mass is 236 g/mol. The molecule has 0 aromatic carbocycles. The van der Waals surface area contributed by atoms with Crippen molar-refractivity contribution >= 4 is 0 Å². The second-order valence-electron chi connectivity index (χ2n) is 3.85. The maximum absolute atomic E-state index is 9.79. The summed E-state index contributed by atoms with van der Waals surface area (Å²) in [5.74, 6) is 0. The van der Waals surface area contributed by atoms with E-state index >= 15 is 0 Å². The minimum Gasteiger partial charge on any atom is -0.394 e. The molecule has 3 N–H and O–H groups in total. The van der Waals surface area contributed by atoms with Gasteiger partial charge in [0.25, 0.3) is 0 Å². The number of nitriles is 1. The summed E-state index contributed by atoms with van der Waals surface area (Å²) in [6, 6.07) is 4.97. The third-order valence-corrected chi connectivity index (χ3v) is 2.77. The largest absolute Gasteiger partial charge is 0.394 e. The van der Waals surface area contributed by atoms with E-state index in [-0.39, 0.29) is 12.3 Å². The van der Waals surface area contributed by atoms with Gasteiger partial charge in [-0.05, 0) is 17.7 Å². The summed E-state index contributed by atoms with van der Waals surface area (Å²) >= 11 is 0. The Morgan fingerprint density at radius 1 is 1.41 bits per heavy atom. The molecular weight excluding hydrogens is 224 g/mol. The molecule has 0 saturated carbocycles. The van der Waals surface area contributed by atoms with E-state index in [1.165, 1.54) is 12.3 Å². The van der Waals surface area contributed by atoms with Crippen LogP contribution >= 0.6 is 0 Å². The highest BCUT2D eigenvalue weighted by Crippen LogP contribution is 2.33. The smallest absolute Gasteiger partial charge is 0.140 e. The summed E-state index contributed by atoms with van der Waals surface area (Å²) in [5.41, 5.74) is 0.763. The van der Waals surface area contributed by atoms with Gasteiger partial charge in [-0.1, -0.05) is 0 Å². The zero-order valence-electron chi connectivity index (χ0n) is 8.89. The first-order valence-electron chi connectivity index (χ1n) is 5.16. The molecule has 0 bridgehead atoms. The van der Waals surface area contributed by atoms with Gasteiger partial charge in [-0.3, -0.25) is 0 Å². The highest BCUT2D eigenvalue weighted by Gasteiger charge is 2.42. The molecule has 4 atom stereocenters. The van der Waals surface area contributed by atoms with Gasteiger partial charge in [0.15, 0.2) is 0 Å². The fraction of sp³-hybridized carbons (Fsp3) is 0.455. The molecule has 1 fully saturated rings. The third kappa shape index (κ3) is 2.14. The van der Waals surface area contributed by atoms with E-state index in [4.69, 9.17) is 15.1 Å². The molecule has 1 aliphatic rings. The van der Waals surface area contributed by atoms with E-state index in [1.54, 1.807) is 6.07 Å². The first kappa shape index (κ1) is 12.0. The van der Waals surface area contributed by atoms with Crippen LogP contribution in [-0.2, 0) is 4.74 Å². The molecule has 1 unspecified atom stereocenters. The lowest BCUT2D eigenvalue weighted by Gasteiger charge is -2.14. The maximum Gasteiger partial charge on any atom is 0.140 e. The van der Waals surface area contributed by atoms with Crippen molar-refractivity contribution in [2.45, 2.75) is 24.4 Å². The Kier molecular flexibility index (Phi) is 3.36. The van der Waals surface area contributed by atoms with Crippen LogP contribution in [0, 0.1) is 11.3 Å². The van der Waals surface area contributed by atoms with Gasteiger partial charge in [-0.15, -0.1) is 0 Å². The first-order chi connectivity index (χ1) is 8.17. The van der Waals surface area contributed by atoms with Crippen molar-refractivity contribution in [2.75, 3.05) is 6.61 Å². The van der Waals surface area contributed by atoms with Crippen LogP contribution in [0.4, 0.5) is 0 Å². The van der Waals surface area contributed by atoms with Gasteiger partial charge in [-0.2, -0.15) is 5.26 Å². The fourth-order valence-electron chi connectivity index (χ4n) is 1.86. The molecule has 1 aliphatic heterocycles. The van der Waals surface area contributed by atoms with Gasteiger partial charge >= 0.3 is 0 Å². The topological polar surface area (TPSA) is 107 Å². The predicted molar refractivity (Wildman–Crippen MR) is 55.7 cm³/mol. The second-order valence-corrected chi connectivity index (χ2v) is 3.85. The molecule has 1 saturated heterocycles. The zero-order chi connectivity index (χ0) is 12.4. The van der Waals surface area contributed by atoms with Gasteiger partial charge in [-0.25, -0.2) is 4.98 Å². The van der Waals surface area contributed by atoms with Crippen molar-refractivity contribution in [2.24, 2.45) is 0 Å². The van der Waals surface area contributed by atoms with Gasteiger partial charge < -0.3 is 20.1 Å². The zero-order valence-corrected chi connectivity index (χ0v) is 8.89. The van der Waals surface area contributed by atoms with Crippen molar-refractivity contribution in [1.29, 1.82) is 5.26 Å². The molecule has 17 heavy (non-hydrogen) atoms. The average Bonchev–Trinajstić information content (AvgIpc) is 2.66. The Morgan fingerprint density at radius 3 is 2.76 bits per heavy atom. The van der Waals surface area contributed by atoms with E-state index in [1.807, 2.05) is 6.07 Å². The lowest BCUT2D eigenvalue weighted by Crippen LogP contribution is -2.32. The summed E-state index contributed by atoms with van der Waals surface area (Å²) in [7, 11) is 0. The fourth-order valence-corrected chi connectivity index (χ4v) is 1.86. The van der Waals surface area contributed by atoms with Crippen LogP contribution in [0.25, 0.3) is 0 Å². The number of hydrogen-bond acceptors (Lipinski definition) is 6. The van der Waals surface area contributed by atoms with Crippen LogP contribution in [0.1, 0.15) is 17.4 Å². The van der Waals surface area contributed by atoms with Crippen molar-refractivity contribution in [3.05, 3.63) is 29.6 Å². The first-order valence-corrected chi connectivity index (χ1v) is 5.16. The van der Waals surface area contributed by atoms with E-state index in [9.17, 15) is 10.2 Å². The standard InChI is InChI=1S/C11H12N2O4/c12-4-7-3-6(1-2-13-7)11-10(16)9(15)8(5-14)17-11/h1-3,8-11,14-16H,5H2/t8-,9-,10-,11?/m1/s1. The number of nitrogens with zero attached hydrogens (tertiary/aromatic N) is 2. The SMILES string of the molecule is N#Cc1cc(C2O[C@H](CO)[C@@H](O)[C@H]2O)ccn1. The summed E-state index contributed by atoms with van der Waals surface area (Å²) in [6.07, 6.45) is -2.39. The summed E-state index contributed by atoms with van der Waals surface area (Å²) in [6.45, 7) is -0.370. The quantitative estimate of drug-likeness (QED) is 0.614. The molecular formula is C11H12N2O4. The van der Waals surface area contributed by atoms with Crippen LogP contribution in [0.2, 0.25) is 0 Å². The minimum absolute atomic E-state index is 0.209. The van der Waals surface area contributed by atoms with E-state index in [2.05, 4.69) is 4.98 Å². The van der Waals surface area contributed by atoms with Gasteiger partial charge in [0.2, 0.25) is 0 Å². The van der Waals surface area contributed by atoms with Crippen LogP contribution < -0.4 is 0 Å². The summed E-state index contributed by atoms with van der Waals surface area (Å²) in [5, 5.41) is 37.1. The average molecular weight is 236 g/mol. The highest BCUT2D eigenvalue weighted by atomic mass is 16.6. The van der Waals surface area contributed by atoms with Crippen LogP contribution in [-0.4, -0.2) is 45.2 Å². The molecule has 6 heteroatoms. The Balaban J connectivity index is 2.26. The number of aromatic nitrogens is 1. The van der Waals surface area contributed by atoms with Crippen molar-refractivity contribution in [3.63, 3.8) is 0 Å². The Hall–Kier alpha value is -1.52. The van der Waals surface area contributed by atoms with E-state index < -0.39 is 24.4 Å². The molecule has 0 radical (unpaired) electrons. The molecule has 6 nitrogen and oxygen atoms in total. The normalized spacial score (nSPS) is 32.4. The molecule has 0 aliphatic carbocycles. The number of ether oxygens (including phenoxy) is 1. The number of rotatable bonds is 2. The maximum atomic E-state index is 9.79. The van der Waals surface area contributed by atoms with Gasteiger partial charge in [0.1, 0.15) is 36.2 Å². The summed E-state index contributed by atoms with van der Waals surface area (Å²) in [4.78, 5) is 3.80. The Labute approximate surface area is 97.7 Å². The number of pyridine rings is 1. The number of aliphatic hydroxyl groups is 3. The molecule has 90 valence electrons. The molecule has 2 heterocycles. The van der Waals surface area contributed by atoms with Crippen molar-refractivity contribution in [1.82, 2.24) is 4.98 Å². The van der Waals surface area contributed by atoms with E-state index in [0.29, 0.717) is 5.56 Å². The molecule has 1 aromatic heterocycles. The minimum atomic E-state index is -1.14. The molecule has 2 rings (SSSR count). The van der Waals surface area contributed by atoms with Crippen LogP contribution in [0.5, 0.6) is 0 Å². The highest BCUT2D eigenvalue weighted by molar-refractivity contribution is 5.28. The Bertz CT molecular complexity index is 445. The molecule has 0 amide bonds. The third-order valence-electron chi connectivity index (χ3n) is 2.77. The van der Waals surface area contributed by atoms with Crippen molar-refractivity contribution in [3.8, 4) is 6.07 Å². The van der Waals surface area contributed by atoms with Crippen LogP contribution in [0.15, 0.2) is 18.3 Å². The number of aliphatic hydroxyl groups excluding tert-OH is 3. The summed E-state index contributed by atoms with van der Waals surface area (Å²) < 4.78 is 5.33. The van der Waals surface area contributed by atoms with Crippen LogP contribution in [0.3, 0.4) is 0 Å². The second kappa shape index (κ2) is 4.77. The predicted octanol–water partition coefficient (Wildman–Crippen LogP) is -0.893. The number of hydrogen-bond donors (Lipinski definition) is 3. The molecule has 0 spiro atoms. The van der Waals surface area contributed by atoms with Crippen molar-refractivity contribution < 1.29 is 20.1 Å². The van der Waals surface area contributed by atoms with Gasteiger partial charge in [0.05, 0.1) is 6.61 Å². The Morgan fingerprint density at radius 2 is 2.18 bits per heavy atom. The van der Waals surface area contributed by atoms with E-state index in [0.717, 1.165) is 0 Å². The lowest BCUT2D eigenvalue weighted by molar-refractivity contribution is -0.0227.